The second kappa shape index (κ2) is 4.50. The van der Waals surface area contributed by atoms with Crippen LogP contribution in [0.25, 0.3) is 0 Å². The van der Waals surface area contributed by atoms with Gasteiger partial charge in [-0.1, -0.05) is 6.92 Å². The lowest BCUT2D eigenvalue weighted by atomic mass is 10.4. The van der Waals surface area contributed by atoms with Gasteiger partial charge in [-0.3, -0.25) is 0 Å². The number of hydrogen-bond donors (Lipinski definition) is 0. The van der Waals surface area contributed by atoms with Gasteiger partial charge < -0.3 is 4.90 Å². The lowest BCUT2D eigenvalue weighted by molar-refractivity contribution is 0.448. The molecule has 0 radical (unpaired) electrons. The number of allylic oxidation sites excluding steroid dienone is 1. The fourth-order valence-electron chi connectivity index (χ4n) is 0.426. The molecule has 0 atom stereocenters. The highest BCUT2D eigenvalue weighted by Gasteiger charge is 1.88. The Morgan fingerprint density at radius 1 is 1.56 bits per heavy atom. The number of halogens is 1. The lowest BCUT2D eigenvalue weighted by Gasteiger charge is -2.03. The molecular weight excluding hydrogens is 117 g/mol. The number of nitrogens with zero attached hydrogens (tertiary/aromatic N) is 1. The minimum atomic E-state index is -0.0244. The average Bonchev–Trinajstić information content (AvgIpc) is 1.83. The van der Waals surface area contributed by atoms with E-state index in [1.54, 1.807) is 6.08 Å². The molecule has 9 heavy (non-hydrogen) atoms. The molecule has 0 spiro atoms. The zero-order valence-corrected chi connectivity index (χ0v) is 6.32. The summed E-state index contributed by atoms with van der Waals surface area (Å²) in [5, 5.41) is 0. The first-order chi connectivity index (χ1) is 4.16. The van der Waals surface area contributed by atoms with Crippen LogP contribution in [0.1, 0.15) is 13.3 Å². The van der Waals surface area contributed by atoms with E-state index in [4.69, 9.17) is 0 Å². The molecule has 0 bridgehead atoms. The van der Waals surface area contributed by atoms with Crippen molar-refractivity contribution in [1.29, 1.82) is 0 Å². The zero-order valence-electron chi connectivity index (χ0n) is 6.32. The molecule has 0 aliphatic carbocycles. The molecule has 0 amide bonds. The molecule has 0 heterocycles. The third kappa shape index (κ3) is 5.50. The lowest BCUT2D eigenvalue weighted by Crippen LogP contribution is -2.10. The molecule has 0 aromatic carbocycles. The topological polar surface area (TPSA) is 3.24 Å². The van der Waals surface area contributed by atoms with Crippen molar-refractivity contribution in [3.63, 3.8) is 0 Å². The van der Waals surface area contributed by atoms with Crippen LogP contribution >= 0.6 is 0 Å². The second-order valence-electron chi connectivity index (χ2n) is 2.27. The molecule has 0 unspecified atom stereocenters. The summed E-state index contributed by atoms with van der Waals surface area (Å²) in [5.74, 6) is -0.0244. The third-order valence-electron chi connectivity index (χ3n) is 1.02. The molecule has 0 aliphatic heterocycles. The molecule has 0 aromatic rings. The van der Waals surface area contributed by atoms with Crippen LogP contribution < -0.4 is 0 Å². The summed E-state index contributed by atoms with van der Waals surface area (Å²) in [6.45, 7) is 2.50. The molecule has 0 aromatic heterocycles. The predicted octanol–water partition coefficient (Wildman–Crippen LogP) is 1.81. The van der Waals surface area contributed by atoms with Gasteiger partial charge in [-0.15, -0.1) is 0 Å². The van der Waals surface area contributed by atoms with E-state index < -0.39 is 0 Å². The van der Waals surface area contributed by atoms with E-state index in [0.717, 1.165) is 0 Å². The highest BCUT2D eigenvalue weighted by molar-refractivity contribution is 4.91. The van der Waals surface area contributed by atoms with Gasteiger partial charge in [-0.25, -0.2) is 4.39 Å². The Kier molecular flexibility index (Phi) is 4.32. The maximum atomic E-state index is 12.3. The van der Waals surface area contributed by atoms with E-state index in [1.165, 1.54) is 0 Å². The average molecular weight is 131 g/mol. The molecule has 0 saturated heterocycles. The van der Waals surface area contributed by atoms with Crippen molar-refractivity contribution >= 4 is 0 Å². The van der Waals surface area contributed by atoms with E-state index in [2.05, 4.69) is 0 Å². The number of likely N-dealkylation sites (N-methyl/N-ethyl adjacent to an activating group) is 1. The van der Waals surface area contributed by atoms with Gasteiger partial charge >= 0.3 is 0 Å². The van der Waals surface area contributed by atoms with E-state index in [1.807, 2.05) is 25.9 Å². The van der Waals surface area contributed by atoms with E-state index >= 15 is 0 Å². The van der Waals surface area contributed by atoms with Gasteiger partial charge in [0.1, 0.15) is 0 Å². The van der Waals surface area contributed by atoms with Gasteiger partial charge in [0.2, 0.25) is 0 Å². The number of hydrogen-bond acceptors (Lipinski definition) is 1. The first-order valence-electron chi connectivity index (χ1n) is 3.16. The van der Waals surface area contributed by atoms with Crippen LogP contribution in [0.4, 0.5) is 4.39 Å². The van der Waals surface area contributed by atoms with Gasteiger partial charge in [0.25, 0.3) is 0 Å². The number of rotatable bonds is 3. The molecule has 54 valence electrons. The van der Waals surface area contributed by atoms with Gasteiger partial charge in [-0.05, 0) is 26.6 Å². The van der Waals surface area contributed by atoms with Crippen molar-refractivity contribution in [2.24, 2.45) is 0 Å². The standard InChI is InChI=1S/C7H14FN/c1-4-7(8)5-6-9(2)3/h5H,4,6H2,1-3H3/b7-5+. The van der Waals surface area contributed by atoms with Crippen molar-refractivity contribution < 1.29 is 4.39 Å². The summed E-state index contributed by atoms with van der Waals surface area (Å²) < 4.78 is 12.3. The molecule has 0 N–H and O–H groups in total. The van der Waals surface area contributed by atoms with E-state index in [0.29, 0.717) is 13.0 Å². The third-order valence-corrected chi connectivity index (χ3v) is 1.02. The maximum Gasteiger partial charge on any atom is 0.0969 e. The van der Waals surface area contributed by atoms with E-state index in [9.17, 15) is 4.39 Å². The van der Waals surface area contributed by atoms with Crippen molar-refractivity contribution in [3.8, 4) is 0 Å². The summed E-state index contributed by atoms with van der Waals surface area (Å²) in [5.41, 5.74) is 0. The van der Waals surface area contributed by atoms with Crippen molar-refractivity contribution in [1.82, 2.24) is 4.90 Å². The fourth-order valence-corrected chi connectivity index (χ4v) is 0.426. The van der Waals surface area contributed by atoms with Gasteiger partial charge in [0.05, 0.1) is 5.83 Å². The first kappa shape index (κ1) is 8.63. The Morgan fingerprint density at radius 2 is 2.11 bits per heavy atom. The molecule has 0 saturated carbocycles. The Balaban J connectivity index is 3.43. The van der Waals surface area contributed by atoms with Crippen molar-refractivity contribution in [3.05, 3.63) is 11.9 Å². The maximum absolute atomic E-state index is 12.3. The largest absolute Gasteiger partial charge is 0.306 e. The molecule has 1 nitrogen and oxygen atoms in total. The van der Waals surface area contributed by atoms with Crippen LogP contribution in [0.2, 0.25) is 0 Å². The molecule has 2 heteroatoms. The van der Waals surface area contributed by atoms with Crippen LogP contribution in [0, 0.1) is 0 Å². The Hall–Kier alpha value is -0.370. The normalized spacial score (nSPS) is 12.8. The molecule has 0 fully saturated rings. The molecule has 0 rings (SSSR count). The first-order valence-corrected chi connectivity index (χ1v) is 3.16. The van der Waals surface area contributed by atoms with Gasteiger partial charge in [-0.2, -0.15) is 0 Å². The second-order valence-corrected chi connectivity index (χ2v) is 2.27. The van der Waals surface area contributed by atoms with Crippen molar-refractivity contribution in [2.45, 2.75) is 13.3 Å². The highest BCUT2D eigenvalue weighted by Crippen LogP contribution is 1.99. The summed E-state index contributed by atoms with van der Waals surface area (Å²) in [7, 11) is 3.83. The minimum Gasteiger partial charge on any atom is -0.306 e. The molecular formula is C7H14FN. The summed E-state index contributed by atoms with van der Waals surface area (Å²) in [4.78, 5) is 1.93. The van der Waals surface area contributed by atoms with Crippen LogP contribution in [-0.4, -0.2) is 25.5 Å². The van der Waals surface area contributed by atoms with Gasteiger partial charge in [0.15, 0.2) is 0 Å². The summed E-state index contributed by atoms with van der Waals surface area (Å²) >= 11 is 0. The smallest absolute Gasteiger partial charge is 0.0969 e. The van der Waals surface area contributed by atoms with Crippen LogP contribution in [0.3, 0.4) is 0 Å². The Morgan fingerprint density at radius 3 is 2.44 bits per heavy atom. The van der Waals surface area contributed by atoms with Crippen molar-refractivity contribution in [2.75, 3.05) is 20.6 Å². The Labute approximate surface area is 56.2 Å². The summed E-state index contributed by atoms with van der Waals surface area (Å²) in [6.07, 6.45) is 2.11. The summed E-state index contributed by atoms with van der Waals surface area (Å²) in [6, 6.07) is 0. The fraction of sp³-hybridized carbons (Fsp3) is 0.714. The quantitative estimate of drug-likeness (QED) is 0.564. The Bertz CT molecular complexity index is 97.1. The zero-order chi connectivity index (χ0) is 7.28. The minimum absolute atomic E-state index is 0.0244. The van der Waals surface area contributed by atoms with Crippen LogP contribution in [0.15, 0.2) is 11.9 Å². The molecule has 0 aliphatic rings. The van der Waals surface area contributed by atoms with Crippen LogP contribution in [-0.2, 0) is 0 Å². The predicted molar refractivity (Wildman–Crippen MR) is 38.0 cm³/mol. The monoisotopic (exact) mass is 131 g/mol. The highest BCUT2D eigenvalue weighted by atomic mass is 19.1. The SMILES string of the molecule is CC/C(F)=C\CN(C)C. The van der Waals surface area contributed by atoms with Crippen LogP contribution in [0.5, 0.6) is 0 Å². The van der Waals surface area contributed by atoms with Gasteiger partial charge in [0, 0.05) is 6.54 Å². The van der Waals surface area contributed by atoms with E-state index in [-0.39, 0.29) is 5.83 Å².